The van der Waals surface area contributed by atoms with Gasteiger partial charge in [-0.15, -0.1) is 0 Å². The summed E-state index contributed by atoms with van der Waals surface area (Å²) in [4.78, 5) is 6.74. The SMILES string of the molecule is CCCN(CC)CCn1cncc1C(N)c1ccccc1. The van der Waals surface area contributed by atoms with Gasteiger partial charge in [-0.3, -0.25) is 0 Å². The summed E-state index contributed by atoms with van der Waals surface area (Å²) in [7, 11) is 0. The molecule has 1 unspecified atom stereocenters. The van der Waals surface area contributed by atoms with E-state index in [1.165, 1.54) is 6.42 Å². The number of imidazole rings is 1. The highest BCUT2D eigenvalue weighted by atomic mass is 15.2. The minimum atomic E-state index is -0.116. The Kier molecular flexibility index (Phi) is 5.96. The molecule has 0 radical (unpaired) electrons. The Labute approximate surface area is 127 Å². The lowest BCUT2D eigenvalue weighted by Crippen LogP contribution is -2.29. The summed E-state index contributed by atoms with van der Waals surface area (Å²) in [6, 6.07) is 10.1. The smallest absolute Gasteiger partial charge is 0.0949 e. The first-order chi connectivity index (χ1) is 10.3. The van der Waals surface area contributed by atoms with Crippen LogP contribution in [0.2, 0.25) is 0 Å². The first kappa shape index (κ1) is 15.7. The Morgan fingerprint density at radius 1 is 1.19 bits per heavy atom. The van der Waals surface area contributed by atoms with Gasteiger partial charge in [-0.1, -0.05) is 44.2 Å². The molecule has 1 heterocycles. The van der Waals surface area contributed by atoms with Gasteiger partial charge in [0, 0.05) is 13.1 Å². The summed E-state index contributed by atoms with van der Waals surface area (Å²) in [6.07, 6.45) is 4.96. The van der Waals surface area contributed by atoms with Gasteiger partial charge in [0.25, 0.3) is 0 Å². The van der Waals surface area contributed by atoms with E-state index in [4.69, 9.17) is 5.73 Å². The molecule has 0 saturated heterocycles. The third-order valence-electron chi connectivity index (χ3n) is 3.87. The molecule has 0 spiro atoms. The summed E-state index contributed by atoms with van der Waals surface area (Å²) in [5, 5.41) is 0. The number of rotatable bonds is 8. The Bertz CT molecular complexity index is 521. The van der Waals surface area contributed by atoms with Crippen molar-refractivity contribution in [1.82, 2.24) is 14.5 Å². The van der Waals surface area contributed by atoms with Crippen LogP contribution in [0.25, 0.3) is 0 Å². The fourth-order valence-corrected chi connectivity index (χ4v) is 2.60. The third-order valence-corrected chi connectivity index (χ3v) is 3.87. The minimum absolute atomic E-state index is 0.116. The molecule has 0 fully saturated rings. The van der Waals surface area contributed by atoms with E-state index >= 15 is 0 Å². The lowest BCUT2D eigenvalue weighted by molar-refractivity contribution is 0.275. The molecule has 1 atom stereocenters. The zero-order chi connectivity index (χ0) is 15.1. The molecule has 0 aliphatic rings. The largest absolute Gasteiger partial charge is 0.332 e. The second kappa shape index (κ2) is 7.96. The molecule has 4 nitrogen and oxygen atoms in total. The van der Waals surface area contributed by atoms with Crippen molar-refractivity contribution < 1.29 is 0 Å². The molecule has 2 aromatic rings. The van der Waals surface area contributed by atoms with Crippen LogP contribution < -0.4 is 5.73 Å². The van der Waals surface area contributed by atoms with Crippen molar-refractivity contribution in [3.05, 3.63) is 54.1 Å². The van der Waals surface area contributed by atoms with Crippen LogP contribution in [-0.2, 0) is 6.54 Å². The number of hydrogen-bond donors (Lipinski definition) is 1. The zero-order valence-corrected chi connectivity index (χ0v) is 13.1. The standard InChI is InChI=1S/C17H26N4/c1-3-10-20(4-2)11-12-21-14-19-13-16(21)17(18)15-8-6-5-7-9-15/h5-9,13-14,17H,3-4,10-12,18H2,1-2H3. The second-order valence-electron chi connectivity index (χ2n) is 5.33. The van der Waals surface area contributed by atoms with E-state index in [0.717, 1.165) is 37.4 Å². The first-order valence-electron chi connectivity index (χ1n) is 7.79. The van der Waals surface area contributed by atoms with E-state index in [9.17, 15) is 0 Å². The lowest BCUT2D eigenvalue weighted by atomic mass is 10.1. The van der Waals surface area contributed by atoms with Crippen molar-refractivity contribution in [3.8, 4) is 0 Å². The van der Waals surface area contributed by atoms with Crippen LogP contribution in [0.15, 0.2) is 42.9 Å². The van der Waals surface area contributed by atoms with Crippen LogP contribution in [0.1, 0.15) is 37.6 Å². The van der Waals surface area contributed by atoms with Crippen LogP contribution in [0.5, 0.6) is 0 Å². The van der Waals surface area contributed by atoms with Crippen LogP contribution in [0, 0.1) is 0 Å². The van der Waals surface area contributed by atoms with Crippen molar-refractivity contribution in [2.75, 3.05) is 19.6 Å². The number of aromatic nitrogens is 2. The maximum absolute atomic E-state index is 6.38. The quantitative estimate of drug-likeness (QED) is 0.811. The topological polar surface area (TPSA) is 47.1 Å². The molecular weight excluding hydrogens is 260 g/mol. The normalized spacial score (nSPS) is 12.8. The highest BCUT2D eigenvalue weighted by Crippen LogP contribution is 2.18. The van der Waals surface area contributed by atoms with Gasteiger partial charge in [0.05, 0.1) is 24.3 Å². The highest BCUT2D eigenvalue weighted by Gasteiger charge is 2.13. The molecule has 0 saturated carbocycles. The van der Waals surface area contributed by atoms with Gasteiger partial charge in [0.2, 0.25) is 0 Å². The van der Waals surface area contributed by atoms with E-state index in [0.29, 0.717) is 0 Å². The van der Waals surface area contributed by atoms with Crippen LogP contribution >= 0.6 is 0 Å². The first-order valence-corrected chi connectivity index (χ1v) is 7.79. The van der Waals surface area contributed by atoms with Crippen LogP contribution in [-0.4, -0.2) is 34.1 Å². The fourth-order valence-electron chi connectivity index (χ4n) is 2.60. The summed E-state index contributed by atoms with van der Waals surface area (Å²) in [5.41, 5.74) is 8.59. The fraction of sp³-hybridized carbons (Fsp3) is 0.471. The maximum Gasteiger partial charge on any atom is 0.0949 e. The van der Waals surface area contributed by atoms with E-state index < -0.39 is 0 Å². The van der Waals surface area contributed by atoms with E-state index in [1.54, 1.807) is 0 Å². The summed E-state index contributed by atoms with van der Waals surface area (Å²) >= 11 is 0. The molecule has 21 heavy (non-hydrogen) atoms. The monoisotopic (exact) mass is 286 g/mol. The van der Waals surface area contributed by atoms with Crippen molar-refractivity contribution in [2.45, 2.75) is 32.9 Å². The van der Waals surface area contributed by atoms with Gasteiger partial charge in [0.15, 0.2) is 0 Å². The van der Waals surface area contributed by atoms with Crippen molar-refractivity contribution in [2.24, 2.45) is 5.73 Å². The molecule has 2 N–H and O–H groups in total. The number of benzene rings is 1. The van der Waals surface area contributed by atoms with Crippen LogP contribution in [0.3, 0.4) is 0 Å². The Hall–Kier alpha value is -1.65. The van der Waals surface area contributed by atoms with Gasteiger partial charge < -0.3 is 15.2 Å². The summed E-state index contributed by atoms with van der Waals surface area (Å²) in [6.45, 7) is 8.63. The Morgan fingerprint density at radius 3 is 2.62 bits per heavy atom. The Balaban J connectivity index is 2.05. The van der Waals surface area contributed by atoms with Crippen molar-refractivity contribution in [3.63, 3.8) is 0 Å². The molecule has 114 valence electrons. The second-order valence-corrected chi connectivity index (χ2v) is 5.33. The zero-order valence-electron chi connectivity index (χ0n) is 13.1. The van der Waals surface area contributed by atoms with Crippen LogP contribution in [0.4, 0.5) is 0 Å². The van der Waals surface area contributed by atoms with Gasteiger partial charge >= 0.3 is 0 Å². The van der Waals surface area contributed by atoms with E-state index in [-0.39, 0.29) is 6.04 Å². The highest BCUT2D eigenvalue weighted by molar-refractivity contribution is 5.26. The number of hydrogen-bond acceptors (Lipinski definition) is 3. The Morgan fingerprint density at radius 2 is 1.95 bits per heavy atom. The number of nitrogens with zero attached hydrogens (tertiary/aromatic N) is 3. The van der Waals surface area contributed by atoms with Gasteiger partial charge in [-0.05, 0) is 25.1 Å². The average Bonchev–Trinajstić information content (AvgIpc) is 3.00. The summed E-state index contributed by atoms with van der Waals surface area (Å²) < 4.78 is 2.18. The molecule has 0 bridgehead atoms. The average molecular weight is 286 g/mol. The summed E-state index contributed by atoms with van der Waals surface area (Å²) in [5.74, 6) is 0. The number of nitrogens with two attached hydrogens (primary N) is 1. The molecule has 2 rings (SSSR count). The lowest BCUT2D eigenvalue weighted by Gasteiger charge is -2.21. The molecule has 0 aliphatic heterocycles. The minimum Gasteiger partial charge on any atom is -0.332 e. The third kappa shape index (κ3) is 4.16. The van der Waals surface area contributed by atoms with Gasteiger partial charge in [-0.2, -0.15) is 0 Å². The molecular formula is C17H26N4. The molecule has 1 aromatic heterocycles. The maximum atomic E-state index is 6.38. The van der Waals surface area contributed by atoms with E-state index in [1.807, 2.05) is 30.7 Å². The molecule has 1 aromatic carbocycles. The van der Waals surface area contributed by atoms with Crippen molar-refractivity contribution in [1.29, 1.82) is 0 Å². The molecule has 0 amide bonds. The van der Waals surface area contributed by atoms with E-state index in [2.05, 4.69) is 40.4 Å². The van der Waals surface area contributed by atoms with Gasteiger partial charge in [0.1, 0.15) is 0 Å². The predicted molar refractivity (Wildman–Crippen MR) is 87.1 cm³/mol. The number of likely N-dealkylation sites (N-methyl/N-ethyl adjacent to an activating group) is 1. The van der Waals surface area contributed by atoms with Gasteiger partial charge in [-0.25, -0.2) is 4.98 Å². The molecule has 4 heteroatoms. The predicted octanol–water partition coefficient (Wildman–Crippen LogP) is 2.66. The molecule has 0 aliphatic carbocycles. The van der Waals surface area contributed by atoms with Crippen molar-refractivity contribution >= 4 is 0 Å².